The van der Waals surface area contributed by atoms with Crippen molar-refractivity contribution in [3.05, 3.63) is 75.7 Å². The molecule has 0 radical (unpaired) electrons. The third-order valence-corrected chi connectivity index (χ3v) is 4.60. The molecule has 142 valence electrons. The van der Waals surface area contributed by atoms with Crippen LogP contribution in [0, 0.1) is 10.1 Å². The maximum absolute atomic E-state index is 12.7. The maximum Gasteiger partial charge on any atom is 0.331 e. The highest BCUT2D eigenvalue weighted by Crippen LogP contribution is 2.34. The van der Waals surface area contributed by atoms with Gasteiger partial charge in [-0.15, -0.1) is 5.10 Å². The van der Waals surface area contributed by atoms with E-state index in [1.807, 2.05) is 6.07 Å². The third kappa shape index (κ3) is 4.18. The van der Waals surface area contributed by atoms with E-state index in [1.165, 1.54) is 36.3 Å². The number of rotatable bonds is 5. The number of non-ortho nitro benzene ring substituents is 1. The molecule has 9 nitrogen and oxygen atoms in total. The summed E-state index contributed by atoms with van der Waals surface area (Å²) in [5.74, 6) is -1.06. The second kappa shape index (κ2) is 8.35. The van der Waals surface area contributed by atoms with Crippen molar-refractivity contribution in [1.82, 2.24) is 0 Å². The normalized spacial score (nSPS) is 16.5. The van der Waals surface area contributed by atoms with E-state index in [0.717, 1.165) is 17.8 Å². The summed E-state index contributed by atoms with van der Waals surface area (Å²) >= 11 is 1.01. The first-order valence-electron chi connectivity index (χ1n) is 7.95. The first kappa shape index (κ1) is 19.1. The fourth-order valence-corrected chi connectivity index (χ4v) is 3.19. The van der Waals surface area contributed by atoms with E-state index >= 15 is 0 Å². The Kier molecular flexibility index (Phi) is 5.70. The van der Waals surface area contributed by atoms with Gasteiger partial charge in [-0.3, -0.25) is 25.2 Å². The van der Waals surface area contributed by atoms with Gasteiger partial charge in [-0.2, -0.15) is 0 Å². The molecule has 1 N–H and O–H groups in total. The Bertz CT molecular complexity index is 973. The Balaban J connectivity index is 1.90. The number of amidine groups is 1. The number of hydrogen-bond donors (Lipinski definition) is 1. The molecule has 1 fully saturated rings. The summed E-state index contributed by atoms with van der Waals surface area (Å²) in [6.45, 7) is 0. The summed E-state index contributed by atoms with van der Waals surface area (Å²) in [5, 5.41) is 15.3. The molecule has 1 aliphatic rings. The number of carbonyl (C=O) groups is 2. The molecular formula is C18H14N4O5S. The number of thioether (sulfide) groups is 1. The number of hydrogen-bond acceptors (Lipinski definition) is 8. The SMILES string of the molecule is COC(=O)/C=C1\S/C(=N/Nc2ccc([N+](=O)[O-])cc2)N(c2ccccc2)C1=O. The van der Waals surface area contributed by atoms with Crippen molar-refractivity contribution < 1.29 is 19.2 Å². The number of benzene rings is 2. The number of carbonyl (C=O) groups excluding carboxylic acids is 2. The second-order valence-electron chi connectivity index (χ2n) is 5.42. The number of amides is 1. The number of nitro groups is 1. The van der Waals surface area contributed by atoms with E-state index < -0.39 is 16.8 Å². The zero-order chi connectivity index (χ0) is 20.1. The predicted molar refractivity (Wildman–Crippen MR) is 106 cm³/mol. The van der Waals surface area contributed by atoms with Gasteiger partial charge in [-0.25, -0.2) is 4.79 Å². The number of hydrazone groups is 1. The lowest BCUT2D eigenvalue weighted by Gasteiger charge is -2.15. The maximum atomic E-state index is 12.7. The minimum absolute atomic E-state index is 0.0437. The lowest BCUT2D eigenvalue weighted by molar-refractivity contribution is -0.384. The van der Waals surface area contributed by atoms with Crippen LogP contribution in [0.2, 0.25) is 0 Å². The lowest BCUT2D eigenvalue weighted by atomic mass is 10.3. The zero-order valence-electron chi connectivity index (χ0n) is 14.6. The summed E-state index contributed by atoms with van der Waals surface area (Å²) in [5.41, 5.74) is 3.81. The molecule has 0 atom stereocenters. The molecule has 1 amide bonds. The summed E-state index contributed by atoms with van der Waals surface area (Å²) in [6.07, 6.45) is 1.11. The molecule has 1 saturated heterocycles. The highest BCUT2D eigenvalue weighted by molar-refractivity contribution is 8.19. The number of para-hydroxylation sites is 1. The Morgan fingerprint density at radius 1 is 1.21 bits per heavy atom. The molecule has 1 heterocycles. The Morgan fingerprint density at radius 2 is 1.89 bits per heavy atom. The largest absolute Gasteiger partial charge is 0.466 e. The van der Waals surface area contributed by atoms with Crippen molar-refractivity contribution >= 4 is 45.9 Å². The summed E-state index contributed by atoms with van der Waals surface area (Å²) in [7, 11) is 1.23. The van der Waals surface area contributed by atoms with Crippen molar-refractivity contribution in [2.75, 3.05) is 17.4 Å². The zero-order valence-corrected chi connectivity index (χ0v) is 15.4. The molecule has 3 rings (SSSR count). The molecule has 0 saturated carbocycles. The van der Waals surface area contributed by atoms with Crippen LogP contribution in [0.5, 0.6) is 0 Å². The Morgan fingerprint density at radius 3 is 2.50 bits per heavy atom. The third-order valence-electron chi connectivity index (χ3n) is 3.63. The van der Waals surface area contributed by atoms with Gasteiger partial charge in [0.1, 0.15) is 0 Å². The molecule has 10 heteroatoms. The van der Waals surface area contributed by atoms with E-state index in [2.05, 4.69) is 15.3 Å². The van der Waals surface area contributed by atoms with E-state index in [0.29, 0.717) is 16.5 Å². The van der Waals surface area contributed by atoms with Crippen LogP contribution in [-0.2, 0) is 14.3 Å². The monoisotopic (exact) mass is 398 g/mol. The first-order chi connectivity index (χ1) is 13.5. The summed E-state index contributed by atoms with van der Waals surface area (Å²) < 4.78 is 4.59. The van der Waals surface area contributed by atoms with Crippen molar-refractivity contribution in [1.29, 1.82) is 0 Å². The fraction of sp³-hybridized carbons (Fsp3) is 0.0556. The highest BCUT2D eigenvalue weighted by atomic mass is 32.2. The first-order valence-corrected chi connectivity index (χ1v) is 8.76. The number of nitrogens with one attached hydrogen (secondary N) is 1. The van der Waals surface area contributed by atoms with E-state index in [-0.39, 0.29) is 10.6 Å². The van der Waals surface area contributed by atoms with Crippen molar-refractivity contribution in [2.45, 2.75) is 0 Å². The average molecular weight is 398 g/mol. The van der Waals surface area contributed by atoms with Crippen LogP contribution in [0.15, 0.2) is 70.7 Å². The van der Waals surface area contributed by atoms with Gasteiger partial charge >= 0.3 is 5.97 Å². The Labute approximate surface area is 163 Å². The fourth-order valence-electron chi connectivity index (χ4n) is 2.29. The van der Waals surface area contributed by atoms with Gasteiger partial charge in [-0.05, 0) is 36.0 Å². The molecule has 0 bridgehead atoms. The minimum atomic E-state index is -0.645. The van der Waals surface area contributed by atoms with Crippen molar-refractivity contribution in [2.24, 2.45) is 5.10 Å². The van der Waals surface area contributed by atoms with E-state index in [4.69, 9.17) is 0 Å². The quantitative estimate of drug-likeness (QED) is 0.356. The number of esters is 1. The van der Waals surface area contributed by atoms with Crippen LogP contribution in [0.1, 0.15) is 0 Å². The van der Waals surface area contributed by atoms with Gasteiger partial charge in [0.15, 0.2) is 5.17 Å². The number of nitro benzene ring substituents is 1. The van der Waals surface area contributed by atoms with Crippen LogP contribution in [0.3, 0.4) is 0 Å². The molecule has 2 aromatic rings. The molecule has 0 aliphatic carbocycles. The standard InChI is InChI=1S/C18H14N4O5S/c1-27-16(23)11-15-17(24)21(13-5-3-2-4-6-13)18(28-15)20-19-12-7-9-14(10-8-12)22(25)26/h2-11,19H,1H3/b15-11-,20-18+. The van der Waals surface area contributed by atoms with Crippen LogP contribution >= 0.6 is 11.8 Å². The number of nitrogens with zero attached hydrogens (tertiary/aromatic N) is 3. The number of ether oxygens (including phenoxy) is 1. The lowest BCUT2D eigenvalue weighted by Crippen LogP contribution is -2.29. The van der Waals surface area contributed by atoms with E-state index in [9.17, 15) is 19.7 Å². The van der Waals surface area contributed by atoms with Crippen molar-refractivity contribution in [3.8, 4) is 0 Å². The molecule has 2 aromatic carbocycles. The number of anilines is 2. The van der Waals surface area contributed by atoms with E-state index in [1.54, 1.807) is 24.3 Å². The van der Waals surface area contributed by atoms with Crippen LogP contribution in [0.25, 0.3) is 0 Å². The smallest absolute Gasteiger partial charge is 0.331 e. The molecule has 1 aliphatic heterocycles. The van der Waals surface area contributed by atoms with Gasteiger partial charge in [0, 0.05) is 18.2 Å². The second-order valence-corrected chi connectivity index (χ2v) is 6.43. The average Bonchev–Trinajstić information content (AvgIpc) is 3.02. The summed E-state index contributed by atoms with van der Waals surface area (Å²) in [4.78, 5) is 36.0. The van der Waals surface area contributed by atoms with Crippen LogP contribution in [-0.4, -0.2) is 29.1 Å². The topological polar surface area (TPSA) is 114 Å². The van der Waals surface area contributed by atoms with Gasteiger partial charge in [0.25, 0.3) is 11.6 Å². The summed E-state index contributed by atoms with van der Waals surface area (Å²) in [6, 6.07) is 14.5. The van der Waals surface area contributed by atoms with Crippen molar-refractivity contribution in [3.63, 3.8) is 0 Å². The predicted octanol–water partition coefficient (Wildman–Crippen LogP) is 3.11. The van der Waals surface area contributed by atoms with Gasteiger partial charge in [-0.1, -0.05) is 18.2 Å². The van der Waals surface area contributed by atoms with Crippen LogP contribution in [0.4, 0.5) is 17.1 Å². The minimum Gasteiger partial charge on any atom is -0.466 e. The molecule has 0 aromatic heterocycles. The highest BCUT2D eigenvalue weighted by Gasteiger charge is 2.35. The van der Waals surface area contributed by atoms with Crippen LogP contribution < -0.4 is 10.3 Å². The van der Waals surface area contributed by atoms with Gasteiger partial charge < -0.3 is 4.74 Å². The van der Waals surface area contributed by atoms with Gasteiger partial charge in [0.05, 0.1) is 28.3 Å². The Hall–Kier alpha value is -3.66. The van der Waals surface area contributed by atoms with Gasteiger partial charge in [0.2, 0.25) is 0 Å². The molecule has 28 heavy (non-hydrogen) atoms. The molecular weight excluding hydrogens is 384 g/mol. The number of methoxy groups -OCH3 is 1. The molecule has 0 unspecified atom stereocenters. The molecule has 0 spiro atoms.